The summed E-state index contributed by atoms with van der Waals surface area (Å²) in [6.45, 7) is 3.94. The van der Waals surface area contributed by atoms with E-state index < -0.39 is 23.7 Å². The summed E-state index contributed by atoms with van der Waals surface area (Å²) in [6, 6.07) is 8.23. The molecule has 0 fully saturated rings. The van der Waals surface area contributed by atoms with E-state index in [1.54, 1.807) is 7.05 Å². The van der Waals surface area contributed by atoms with Crippen LogP contribution in [0.1, 0.15) is 31.7 Å². The molecule has 4 rings (SSSR count). The van der Waals surface area contributed by atoms with E-state index in [-0.39, 0.29) is 11.2 Å². The lowest BCUT2D eigenvalue weighted by Gasteiger charge is -2.09. The van der Waals surface area contributed by atoms with Crippen molar-refractivity contribution in [3.63, 3.8) is 0 Å². The zero-order valence-electron chi connectivity index (χ0n) is 18.3. The molecule has 0 saturated carbocycles. The number of nitrogens with zero attached hydrogens (tertiary/aromatic N) is 5. The smallest absolute Gasteiger partial charge is 0.328 e. The van der Waals surface area contributed by atoms with Crippen LogP contribution < -0.4 is 16.6 Å². The summed E-state index contributed by atoms with van der Waals surface area (Å²) in [5.74, 6) is -0.00486. The summed E-state index contributed by atoms with van der Waals surface area (Å²) >= 11 is 1.29. The predicted molar refractivity (Wildman–Crippen MR) is 125 cm³/mol. The van der Waals surface area contributed by atoms with Crippen LogP contribution in [-0.4, -0.2) is 29.6 Å². The normalized spacial score (nSPS) is 12.2. The van der Waals surface area contributed by atoms with E-state index in [2.05, 4.69) is 41.3 Å². The van der Waals surface area contributed by atoms with Crippen molar-refractivity contribution in [3.8, 4) is 11.3 Å². The van der Waals surface area contributed by atoms with Crippen molar-refractivity contribution in [1.29, 1.82) is 0 Å². The number of imidazole rings is 1. The minimum Gasteiger partial charge on any atom is -0.328 e. The quantitative estimate of drug-likeness (QED) is 0.484. The maximum absolute atomic E-state index is 12.8. The van der Waals surface area contributed by atoms with Crippen LogP contribution in [-0.2, 0) is 25.4 Å². The number of aryl methyl sites for hydroxylation is 2. The lowest BCUT2D eigenvalue weighted by Crippen LogP contribution is -2.42. The van der Waals surface area contributed by atoms with Gasteiger partial charge < -0.3 is 9.88 Å². The number of carbonyl (C=O) groups is 1. The molecule has 1 atom stereocenters. The topological polar surface area (TPSA) is 104 Å². The minimum absolute atomic E-state index is 0.261. The molecule has 1 amide bonds. The Bertz CT molecular complexity index is 1410. The van der Waals surface area contributed by atoms with Crippen LogP contribution in [0.25, 0.3) is 22.4 Å². The van der Waals surface area contributed by atoms with E-state index >= 15 is 0 Å². The average molecular weight is 453 g/mol. The highest BCUT2D eigenvalue weighted by Gasteiger charge is 2.17. The minimum atomic E-state index is -0.599. The van der Waals surface area contributed by atoms with Crippen LogP contribution in [0.2, 0.25) is 0 Å². The molecule has 0 aliphatic rings. The number of benzene rings is 1. The highest BCUT2D eigenvalue weighted by Crippen LogP contribution is 2.27. The van der Waals surface area contributed by atoms with Crippen molar-refractivity contribution < 1.29 is 4.79 Å². The summed E-state index contributed by atoms with van der Waals surface area (Å²) in [5, 5.41) is 4.95. The fraction of sp³-hybridized carbons (Fsp3) is 0.318. The predicted octanol–water partition coefficient (Wildman–Crippen LogP) is 2.71. The van der Waals surface area contributed by atoms with Gasteiger partial charge in [-0.2, -0.15) is 0 Å². The third-order valence-corrected chi connectivity index (χ3v) is 6.40. The number of rotatable bonds is 6. The molecule has 3 aromatic heterocycles. The van der Waals surface area contributed by atoms with Gasteiger partial charge in [0.15, 0.2) is 16.3 Å². The zero-order valence-corrected chi connectivity index (χ0v) is 19.1. The molecule has 0 saturated heterocycles. The third-order valence-electron chi connectivity index (χ3n) is 5.64. The number of amides is 1. The molecule has 0 aliphatic carbocycles. The molecule has 0 bridgehead atoms. The van der Waals surface area contributed by atoms with Gasteiger partial charge in [-0.1, -0.05) is 38.1 Å². The molecular formula is C22H24N6O3S. The molecule has 0 spiro atoms. The van der Waals surface area contributed by atoms with Gasteiger partial charge in [0.1, 0.15) is 6.54 Å². The number of thiazole rings is 1. The van der Waals surface area contributed by atoms with Gasteiger partial charge in [-0.05, 0) is 17.9 Å². The Morgan fingerprint density at radius 1 is 1.19 bits per heavy atom. The molecule has 9 nitrogen and oxygen atoms in total. The highest BCUT2D eigenvalue weighted by atomic mass is 32.1. The van der Waals surface area contributed by atoms with E-state index in [0.717, 1.165) is 22.2 Å². The fourth-order valence-corrected chi connectivity index (χ4v) is 4.26. The Hall–Kier alpha value is -3.53. The molecule has 10 heteroatoms. The summed E-state index contributed by atoms with van der Waals surface area (Å²) in [5.41, 5.74) is 2.38. The number of hydrogen-bond acceptors (Lipinski definition) is 6. The van der Waals surface area contributed by atoms with Crippen LogP contribution in [0.5, 0.6) is 0 Å². The number of fused-ring (bicyclic) bond motifs is 1. The van der Waals surface area contributed by atoms with Crippen LogP contribution >= 0.6 is 11.3 Å². The Morgan fingerprint density at radius 2 is 1.91 bits per heavy atom. The summed E-state index contributed by atoms with van der Waals surface area (Å²) < 4.78 is 3.70. The van der Waals surface area contributed by atoms with E-state index in [4.69, 9.17) is 0 Å². The number of carbonyl (C=O) groups excluding carboxylic acids is 1. The molecule has 1 aromatic carbocycles. The van der Waals surface area contributed by atoms with Crippen LogP contribution in [0.4, 0.5) is 5.13 Å². The fourth-order valence-electron chi connectivity index (χ4n) is 3.52. The monoisotopic (exact) mass is 452 g/mol. The van der Waals surface area contributed by atoms with E-state index in [1.807, 2.05) is 17.5 Å². The van der Waals surface area contributed by atoms with Gasteiger partial charge in [-0.15, -0.1) is 11.3 Å². The molecule has 4 aromatic rings. The van der Waals surface area contributed by atoms with Crippen molar-refractivity contribution in [2.45, 2.75) is 32.7 Å². The SMILES string of the molecule is CC[C@@H](C)c1ccc(-c2csc(NC(=O)Cn3c(=O)c4c(ncn4C)n(C)c3=O)n2)cc1. The number of nitrogens with one attached hydrogen (secondary N) is 1. The Morgan fingerprint density at radius 3 is 2.59 bits per heavy atom. The first-order chi connectivity index (χ1) is 15.3. The van der Waals surface area contributed by atoms with Crippen LogP contribution in [0, 0.1) is 0 Å². The second kappa shape index (κ2) is 8.54. The lowest BCUT2D eigenvalue weighted by atomic mass is 9.97. The van der Waals surface area contributed by atoms with Gasteiger partial charge in [-0.3, -0.25) is 14.2 Å². The van der Waals surface area contributed by atoms with Crippen LogP contribution in [0.3, 0.4) is 0 Å². The third kappa shape index (κ3) is 3.89. The van der Waals surface area contributed by atoms with Gasteiger partial charge in [0.25, 0.3) is 5.56 Å². The summed E-state index contributed by atoms with van der Waals surface area (Å²) in [6.07, 6.45) is 2.54. The largest absolute Gasteiger partial charge is 0.332 e. The second-order valence-electron chi connectivity index (χ2n) is 7.78. The van der Waals surface area contributed by atoms with Crippen molar-refractivity contribution >= 4 is 33.5 Å². The Labute approximate surface area is 188 Å². The highest BCUT2D eigenvalue weighted by molar-refractivity contribution is 7.14. The van der Waals surface area contributed by atoms with E-state index in [0.29, 0.717) is 11.0 Å². The van der Waals surface area contributed by atoms with Gasteiger partial charge in [0.2, 0.25) is 5.91 Å². The van der Waals surface area contributed by atoms with Gasteiger partial charge in [0, 0.05) is 25.0 Å². The lowest BCUT2D eigenvalue weighted by molar-refractivity contribution is -0.116. The maximum atomic E-state index is 12.8. The first-order valence-electron chi connectivity index (χ1n) is 10.3. The molecule has 3 heterocycles. The van der Waals surface area contributed by atoms with Crippen LogP contribution in [0.15, 0.2) is 45.6 Å². The number of aromatic nitrogens is 5. The molecule has 0 aliphatic heterocycles. The van der Waals surface area contributed by atoms with Crippen molar-refractivity contribution in [2.24, 2.45) is 14.1 Å². The Kier molecular flexibility index (Phi) is 5.79. The van der Waals surface area contributed by atoms with Crippen molar-refractivity contribution in [3.05, 3.63) is 62.4 Å². The Balaban J connectivity index is 1.53. The molecule has 0 radical (unpaired) electrons. The summed E-state index contributed by atoms with van der Waals surface area (Å²) in [7, 11) is 3.18. The first-order valence-corrected chi connectivity index (χ1v) is 11.1. The molecule has 1 N–H and O–H groups in total. The molecular weight excluding hydrogens is 428 g/mol. The van der Waals surface area contributed by atoms with Gasteiger partial charge >= 0.3 is 5.69 Å². The molecule has 32 heavy (non-hydrogen) atoms. The van der Waals surface area contributed by atoms with E-state index in [1.165, 1.54) is 39.4 Å². The van der Waals surface area contributed by atoms with E-state index in [9.17, 15) is 14.4 Å². The average Bonchev–Trinajstić information content (AvgIpc) is 3.41. The van der Waals surface area contributed by atoms with Crippen molar-refractivity contribution in [2.75, 3.05) is 5.32 Å². The molecule has 166 valence electrons. The maximum Gasteiger partial charge on any atom is 0.332 e. The van der Waals surface area contributed by atoms with Crippen molar-refractivity contribution in [1.82, 2.24) is 23.7 Å². The second-order valence-corrected chi connectivity index (χ2v) is 8.64. The number of anilines is 1. The first kappa shape index (κ1) is 21.7. The molecule has 0 unspecified atom stereocenters. The summed E-state index contributed by atoms with van der Waals surface area (Å²) in [4.78, 5) is 46.5. The van der Waals surface area contributed by atoms with Gasteiger partial charge in [-0.25, -0.2) is 19.3 Å². The standard InChI is InChI=1S/C22H24N6O3S/c1-5-13(2)14-6-8-15(9-7-14)16-11-32-21(24-16)25-17(29)10-28-20(30)18-19(23-12-26(18)3)27(4)22(28)31/h6-9,11-13H,5,10H2,1-4H3,(H,24,25,29)/t13-/m1/s1. The number of hydrogen-bond donors (Lipinski definition) is 1. The van der Waals surface area contributed by atoms with Gasteiger partial charge in [0.05, 0.1) is 12.0 Å². The zero-order chi connectivity index (χ0) is 23.0.